The number of hydrogen-bond donors (Lipinski definition) is 1. The predicted molar refractivity (Wildman–Crippen MR) is 82.2 cm³/mol. The van der Waals surface area contributed by atoms with Crippen LogP contribution >= 0.6 is 11.8 Å². The monoisotopic (exact) mass is 270 g/mol. The molecular weight excluding hydrogens is 252 g/mol. The highest BCUT2D eigenvalue weighted by Crippen LogP contribution is 2.47. The van der Waals surface area contributed by atoms with Crippen LogP contribution in [0.15, 0.2) is 58.3 Å². The molecule has 1 aliphatic heterocycles. The Balaban J connectivity index is 2.06. The van der Waals surface area contributed by atoms with E-state index >= 15 is 0 Å². The van der Waals surface area contributed by atoms with Crippen LogP contribution < -0.4 is 10.6 Å². The van der Waals surface area contributed by atoms with E-state index in [1.54, 1.807) is 0 Å². The molecule has 3 heteroatoms. The molecule has 0 aromatic heterocycles. The van der Waals surface area contributed by atoms with Crippen LogP contribution in [0.2, 0.25) is 0 Å². The molecule has 2 aromatic carbocycles. The highest BCUT2D eigenvalue weighted by Gasteiger charge is 2.23. The summed E-state index contributed by atoms with van der Waals surface area (Å²) in [6.07, 6.45) is 0. The van der Waals surface area contributed by atoms with E-state index in [0.29, 0.717) is 12.5 Å². The third-order valence-corrected chi connectivity index (χ3v) is 4.56. The number of fused-ring (bicyclic) bond motifs is 2. The normalized spacial score (nSPS) is 14.7. The van der Waals surface area contributed by atoms with Gasteiger partial charge in [-0.2, -0.15) is 0 Å². The summed E-state index contributed by atoms with van der Waals surface area (Å²) in [6.45, 7) is 3.88. The maximum atomic E-state index is 5.80. The third-order valence-electron chi connectivity index (χ3n) is 3.43. The Kier molecular flexibility index (Phi) is 3.49. The second-order valence-corrected chi connectivity index (χ2v) is 6.07. The smallest absolute Gasteiger partial charge is 0.0552 e. The van der Waals surface area contributed by atoms with Crippen LogP contribution in [-0.4, -0.2) is 13.1 Å². The van der Waals surface area contributed by atoms with E-state index in [9.17, 15) is 0 Å². The fourth-order valence-corrected chi connectivity index (χ4v) is 3.46. The zero-order valence-electron chi connectivity index (χ0n) is 11.0. The molecule has 2 N–H and O–H groups in total. The molecule has 0 radical (unpaired) electrons. The van der Waals surface area contributed by atoms with E-state index in [-0.39, 0.29) is 0 Å². The summed E-state index contributed by atoms with van der Waals surface area (Å²) in [4.78, 5) is 5.05. The molecule has 2 aromatic rings. The van der Waals surface area contributed by atoms with Crippen molar-refractivity contribution in [2.24, 2.45) is 11.7 Å². The van der Waals surface area contributed by atoms with Crippen molar-refractivity contribution in [3.63, 3.8) is 0 Å². The van der Waals surface area contributed by atoms with Crippen LogP contribution in [0.3, 0.4) is 0 Å². The minimum Gasteiger partial charge on any atom is -0.339 e. The largest absolute Gasteiger partial charge is 0.339 e. The van der Waals surface area contributed by atoms with Gasteiger partial charge in [-0.05, 0) is 36.7 Å². The standard InChI is InChI=1S/C16H18N2S/c1-12(10-17)11-18-13-6-2-4-8-15(13)19-16-9-5-3-7-14(16)18/h2-9,12H,10-11,17H2,1H3. The molecule has 0 saturated heterocycles. The van der Waals surface area contributed by atoms with Gasteiger partial charge < -0.3 is 10.6 Å². The molecule has 3 rings (SSSR count). The highest BCUT2D eigenvalue weighted by atomic mass is 32.2. The molecule has 2 nitrogen and oxygen atoms in total. The van der Waals surface area contributed by atoms with Gasteiger partial charge in [0.1, 0.15) is 0 Å². The van der Waals surface area contributed by atoms with Crippen molar-refractivity contribution in [3.05, 3.63) is 48.5 Å². The average molecular weight is 270 g/mol. The molecule has 1 aliphatic rings. The van der Waals surface area contributed by atoms with Gasteiger partial charge in [0.15, 0.2) is 0 Å². The van der Waals surface area contributed by atoms with E-state index in [0.717, 1.165) is 6.54 Å². The van der Waals surface area contributed by atoms with Crippen LogP contribution in [0.4, 0.5) is 11.4 Å². The molecule has 0 saturated carbocycles. The second-order valence-electron chi connectivity index (χ2n) is 4.99. The van der Waals surface area contributed by atoms with E-state index in [2.05, 4.69) is 60.4 Å². The molecule has 98 valence electrons. The summed E-state index contributed by atoms with van der Waals surface area (Å²) in [5.74, 6) is 0.476. The van der Waals surface area contributed by atoms with Crippen LogP contribution in [-0.2, 0) is 0 Å². The van der Waals surface area contributed by atoms with Gasteiger partial charge in [0.2, 0.25) is 0 Å². The molecule has 1 atom stereocenters. The quantitative estimate of drug-likeness (QED) is 0.917. The Morgan fingerprint density at radius 1 is 1.00 bits per heavy atom. The van der Waals surface area contributed by atoms with Gasteiger partial charge in [-0.25, -0.2) is 0 Å². The fraction of sp³-hybridized carbons (Fsp3) is 0.250. The van der Waals surface area contributed by atoms with Gasteiger partial charge in [-0.3, -0.25) is 0 Å². The first-order valence-corrected chi connectivity index (χ1v) is 7.44. The van der Waals surface area contributed by atoms with Crippen molar-refractivity contribution in [3.8, 4) is 0 Å². The van der Waals surface area contributed by atoms with Gasteiger partial charge in [0, 0.05) is 16.3 Å². The summed E-state index contributed by atoms with van der Waals surface area (Å²) in [7, 11) is 0. The van der Waals surface area contributed by atoms with E-state index in [4.69, 9.17) is 5.73 Å². The van der Waals surface area contributed by atoms with Crippen LogP contribution in [0.25, 0.3) is 0 Å². The highest BCUT2D eigenvalue weighted by molar-refractivity contribution is 7.99. The lowest BCUT2D eigenvalue weighted by Crippen LogP contribution is -2.29. The Morgan fingerprint density at radius 2 is 1.53 bits per heavy atom. The zero-order valence-corrected chi connectivity index (χ0v) is 11.9. The van der Waals surface area contributed by atoms with Crippen molar-refractivity contribution in [2.45, 2.75) is 16.7 Å². The summed E-state index contributed by atoms with van der Waals surface area (Å²) in [6, 6.07) is 17.2. The SMILES string of the molecule is CC(CN)CN1c2ccccc2Sc2ccccc21. The lowest BCUT2D eigenvalue weighted by molar-refractivity contribution is 0.597. The second kappa shape index (κ2) is 5.27. The van der Waals surface area contributed by atoms with Crippen LogP contribution in [0.1, 0.15) is 6.92 Å². The molecule has 0 spiro atoms. The summed E-state index contributed by atoms with van der Waals surface area (Å²) in [5.41, 5.74) is 8.39. The molecule has 1 heterocycles. The first-order valence-electron chi connectivity index (χ1n) is 6.63. The topological polar surface area (TPSA) is 29.3 Å². The number of anilines is 2. The Labute approximate surface area is 118 Å². The first-order chi connectivity index (χ1) is 9.29. The number of benzene rings is 2. The third kappa shape index (κ3) is 2.36. The zero-order chi connectivity index (χ0) is 13.2. The average Bonchev–Trinajstić information content (AvgIpc) is 2.46. The van der Waals surface area contributed by atoms with Gasteiger partial charge in [-0.1, -0.05) is 43.0 Å². The van der Waals surface area contributed by atoms with Gasteiger partial charge in [0.05, 0.1) is 11.4 Å². The molecule has 0 amide bonds. The molecule has 0 aliphatic carbocycles. The first kappa shape index (κ1) is 12.6. The van der Waals surface area contributed by atoms with E-state index in [1.165, 1.54) is 21.2 Å². The lowest BCUT2D eigenvalue weighted by Gasteiger charge is -2.34. The van der Waals surface area contributed by atoms with E-state index in [1.807, 2.05) is 11.8 Å². The molecule has 0 fully saturated rings. The summed E-state index contributed by atoms with van der Waals surface area (Å²) >= 11 is 1.85. The minimum absolute atomic E-state index is 0.476. The van der Waals surface area contributed by atoms with Gasteiger partial charge in [-0.15, -0.1) is 0 Å². The number of nitrogens with two attached hydrogens (primary N) is 1. The van der Waals surface area contributed by atoms with Gasteiger partial charge in [0.25, 0.3) is 0 Å². The van der Waals surface area contributed by atoms with Crippen molar-refractivity contribution >= 4 is 23.1 Å². The Morgan fingerprint density at radius 3 is 2.05 bits per heavy atom. The number of rotatable bonds is 3. The Hall–Kier alpha value is -1.45. The maximum Gasteiger partial charge on any atom is 0.0552 e. The lowest BCUT2D eigenvalue weighted by atomic mass is 10.1. The minimum atomic E-state index is 0.476. The predicted octanol–water partition coefficient (Wildman–Crippen LogP) is 3.88. The Bertz CT molecular complexity index is 537. The summed E-state index contributed by atoms with van der Waals surface area (Å²) < 4.78 is 0. The molecule has 0 bridgehead atoms. The van der Waals surface area contributed by atoms with Crippen molar-refractivity contribution < 1.29 is 0 Å². The molecule has 1 unspecified atom stereocenters. The van der Waals surface area contributed by atoms with Crippen LogP contribution in [0, 0.1) is 5.92 Å². The van der Waals surface area contributed by atoms with Crippen molar-refractivity contribution in [2.75, 3.05) is 18.0 Å². The maximum absolute atomic E-state index is 5.80. The van der Waals surface area contributed by atoms with Crippen molar-refractivity contribution in [1.82, 2.24) is 0 Å². The van der Waals surface area contributed by atoms with E-state index < -0.39 is 0 Å². The summed E-state index contributed by atoms with van der Waals surface area (Å²) in [5, 5.41) is 0. The number of nitrogens with zero attached hydrogens (tertiary/aromatic N) is 1. The van der Waals surface area contributed by atoms with Gasteiger partial charge >= 0.3 is 0 Å². The number of hydrogen-bond acceptors (Lipinski definition) is 3. The molecular formula is C16H18N2S. The van der Waals surface area contributed by atoms with Crippen LogP contribution in [0.5, 0.6) is 0 Å². The molecule has 19 heavy (non-hydrogen) atoms. The fourth-order valence-electron chi connectivity index (χ4n) is 2.36. The van der Waals surface area contributed by atoms with Crippen molar-refractivity contribution in [1.29, 1.82) is 0 Å². The number of para-hydroxylation sites is 2.